The van der Waals surface area contributed by atoms with Crippen molar-refractivity contribution in [3.63, 3.8) is 0 Å². The maximum absolute atomic E-state index is 12.2. The highest BCUT2D eigenvalue weighted by Crippen LogP contribution is 2.12. The lowest BCUT2D eigenvalue weighted by molar-refractivity contribution is -0.136. The molecule has 1 heterocycles. The Hall–Kier alpha value is -2.59. The van der Waals surface area contributed by atoms with Gasteiger partial charge >= 0.3 is 0 Å². The summed E-state index contributed by atoms with van der Waals surface area (Å²) in [5.41, 5.74) is 0.553. The summed E-state index contributed by atoms with van der Waals surface area (Å²) in [5, 5.41) is 8.74. The number of carbonyl (C=O) groups is 2. The second kappa shape index (κ2) is 8.31. The topological polar surface area (TPSA) is 76.9 Å². The quantitative estimate of drug-likeness (QED) is 0.769. The Morgan fingerprint density at radius 1 is 1.17 bits per heavy atom. The molecule has 1 aromatic carbocycles. The predicted octanol–water partition coefficient (Wildman–Crippen LogP) is 0.169. The van der Waals surface area contributed by atoms with E-state index in [4.69, 9.17) is 10.00 Å². The van der Waals surface area contributed by atoms with Gasteiger partial charge in [-0.05, 0) is 24.3 Å². The summed E-state index contributed by atoms with van der Waals surface area (Å²) >= 11 is 0. The summed E-state index contributed by atoms with van der Waals surface area (Å²) in [6.07, 6.45) is 0. The number of rotatable bonds is 5. The summed E-state index contributed by atoms with van der Waals surface area (Å²) < 4.78 is 5.47. The predicted molar refractivity (Wildman–Crippen MR) is 88.4 cm³/mol. The Morgan fingerprint density at radius 2 is 1.79 bits per heavy atom. The summed E-state index contributed by atoms with van der Waals surface area (Å²) in [6.45, 7) is 2.91. The number of nitriles is 1. The van der Waals surface area contributed by atoms with E-state index in [9.17, 15) is 9.59 Å². The van der Waals surface area contributed by atoms with Crippen LogP contribution in [0.15, 0.2) is 24.3 Å². The standard InChI is InChI=1S/C17H22N4O3/c1-19(2)16(22)12-20-7-9-21(10-8-20)17(23)13-24-15-5-3-14(11-18)4-6-15/h3-6H,7-10,12-13H2,1-2H3. The summed E-state index contributed by atoms with van der Waals surface area (Å²) in [4.78, 5) is 29.3. The molecule has 1 aliphatic rings. The first-order valence-electron chi connectivity index (χ1n) is 7.83. The molecule has 0 bridgehead atoms. The van der Waals surface area contributed by atoms with Crippen LogP contribution in [0.1, 0.15) is 5.56 Å². The molecule has 128 valence electrons. The van der Waals surface area contributed by atoms with Crippen LogP contribution in [0.25, 0.3) is 0 Å². The van der Waals surface area contributed by atoms with Crippen molar-refractivity contribution in [1.82, 2.24) is 14.7 Å². The van der Waals surface area contributed by atoms with Crippen LogP contribution < -0.4 is 4.74 Å². The zero-order valence-electron chi connectivity index (χ0n) is 14.1. The first kappa shape index (κ1) is 17.8. The van der Waals surface area contributed by atoms with Gasteiger partial charge in [0.1, 0.15) is 5.75 Å². The molecule has 7 heteroatoms. The van der Waals surface area contributed by atoms with Gasteiger partial charge in [-0.2, -0.15) is 5.26 Å². The van der Waals surface area contributed by atoms with Gasteiger partial charge < -0.3 is 14.5 Å². The molecular formula is C17H22N4O3. The van der Waals surface area contributed by atoms with Crippen molar-refractivity contribution < 1.29 is 14.3 Å². The van der Waals surface area contributed by atoms with Gasteiger partial charge in [-0.25, -0.2) is 0 Å². The fraction of sp³-hybridized carbons (Fsp3) is 0.471. The van der Waals surface area contributed by atoms with Gasteiger partial charge in [-0.15, -0.1) is 0 Å². The Morgan fingerprint density at radius 3 is 2.33 bits per heavy atom. The largest absolute Gasteiger partial charge is 0.484 e. The minimum atomic E-state index is -0.0713. The number of hydrogen-bond acceptors (Lipinski definition) is 5. The van der Waals surface area contributed by atoms with Crippen LogP contribution in [0.5, 0.6) is 5.75 Å². The van der Waals surface area contributed by atoms with E-state index in [1.165, 1.54) is 0 Å². The van der Waals surface area contributed by atoms with Crippen molar-refractivity contribution in [1.29, 1.82) is 5.26 Å². The highest BCUT2D eigenvalue weighted by Gasteiger charge is 2.23. The van der Waals surface area contributed by atoms with Crippen LogP contribution in [0, 0.1) is 11.3 Å². The number of amides is 2. The third-order valence-corrected chi connectivity index (χ3v) is 3.93. The van der Waals surface area contributed by atoms with Crippen LogP contribution >= 0.6 is 0 Å². The normalized spacial score (nSPS) is 14.8. The van der Waals surface area contributed by atoms with Crippen LogP contribution in [0.2, 0.25) is 0 Å². The van der Waals surface area contributed by atoms with Gasteiger partial charge in [-0.1, -0.05) is 0 Å². The molecule has 1 aromatic rings. The van der Waals surface area contributed by atoms with Gasteiger partial charge in [0.2, 0.25) is 5.91 Å². The maximum Gasteiger partial charge on any atom is 0.260 e. The SMILES string of the molecule is CN(C)C(=O)CN1CCN(C(=O)COc2ccc(C#N)cc2)CC1. The van der Waals surface area contributed by atoms with E-state index < -0.39 is 0 Å². The Labute approximate surface area is 142 Å². The van der Waals surface area contributed by atoms with Crippen molar-refractivity contribution in [3.8, 4) is 11.8 Å². The molecule has 0 unspecified atom stereocenters. The molecule has 0 N–H and O–H groups in total. The number of nitrogens with zero attached hydrogens (tertiary/aromatic N) is 4. The molecule has 0 aliphatic carbocycles. The van der Waals surface area contributed by atoms with Crippen LogP contribution in [0.4, 0.5) is 0 Å². The van der Waals surface area contributed by atoms with Gasteiger partial charge in [-0.3, -0.25) is 14.5 Å². The molecule has 1 saturated heterocycles. The molecule has 2 amide bonds. The fourth-order valence-corrected chi connectivity index (χ4v) is 2.35. The summed E-state index contributed by atoms with van der Waals surface area (Å²) in [6, 6.07) is 8.69. The lowest BCUT2D eigenvalue weighted by Crippen LogP contribution is -2.51. The number of carbonyl (C=O) groups excluding carboxylic acids is 2. The minimum Gasteiger partial charge on any atom is -0.484 e. The first-order valence-corrected chi connectivity index (χ1v) is 7.83. The molecule has 0 spiro atoms. The summed E-state index contributed by atoms with van der Waals surface area (Å²) in [5.74, 6) is 0.564. The number of likely N-dealkylation sites (N-methyl/N-ethyl adjacent to an activating group) is 1. The summed E-state index contributed by atoms with van der Waals surface area (Å²) in [7, 11) is 3.48. The van der Waals surface area contributed by atoms with Gasteiger partial charge in [0.05, 0.1) is 18.2 Å². The molecule has 0 aromatic heterocycles. The van der Waals surface area contributed by atoms with E-state index in [0.29, 0.717) is 44.0 Å². The van der Waals surface area contributed by atoms with Crippen molar-refractivity contribution in [2.75, 3.05) is 53.4 Å². The van der Waals surface area contributed by atoms with Gasteiger partial charge in [0.15, 0.2) is 6.61 Å². The number of ether oxygens (including phenoxy) is 1. The average molecular weight is 330 g/mol. The second-order valence-corrected chi connectivity index (χ2v) is 5.87. The molecule has 2 rings (SSSR count). The van der Waals surface area contributed by atoms with E-state index in [-0.39, 0.29) is 18.4 Å². The third-order valence-electron chi connectivity index (χ3n) is 3.93. The van der Waals surface area contributed by atoms with Crippen LogP contribution in [-0.2, 0) is 9.59 Å². The molecule has 0 saturated carbocycles. The van der Waals surface area contributed by atoms with Gasteiger partial charge in [0.25, 0.3) is 5.91 Å². The monoisotopic (exact) mass is 330 g/mol. The van der Waals surface area contributed by atoms with Gasteiger partial charge in [0, 0.05) is 40.3 Å². The Bertz CT molecular complexity index is 614. The molecule has 0 atom stereocenters. The smallest absolute Gasteiger partial charge is 0.260 e. The first-order chi connectivity index (χ1) is 11.5. The van der Waals surface area contributed by atoms with Crippen molar-refractivity contribution in [3.05, 3.63) is 29.8 Å². The highest BCUT2D eigenvalue weighted by atomic mass is 16.5. The lowest BCUT2D eigenvalue weighted by atomic mass is 10.2. The highest BCUT2D eigenvalue weighted by molar-refractivity contribution is 5.78. The average Bonchev–Trinajstić information content (AvgIpc) is 2.60. The molecule has 1 fully saturated rings. The van der Waals surface area contributed by atoms with Crippen molar-refractivity contribution in [2.45, 2.75) is 0 Å². The zero-order chi connectivity index (χ0) is 17.5. The Balaban J connectivity index is 1.74. The second-order valence-electron chi connectivity index (χ2n) is 5.87. The van der Waals surface area contributed by atoms with E-state index in [2.05, 4.69) is 0 Å². The minimum absolute atomic E-state index is 0.0253. The molecule has 24 heavy (non-hydrogen) atoms. The lowest BCUT2D eigenvalue weighted by Gasteiger charge is -2.34. The molecule has 0 radical (unpaired) electrons. The molecular weight excluding hydrogens is 308 g/mol. The van der Waals surface area contributed by atoms with Crippen molar-refractivity contribution in [2.24, 2.45) is 0 Å². The van der Waals surface area contributed by atoms with Crippen LogP contribution in [0.3, 0.4) is 0 Å². The zero-order valence-corrected chi connectivity index (χ0v) is 14.1. The molecule has 1 aliphatic heterocycles. The van der Waals surface area contributed by atoms with E-state index >= 15 is 0 Å². The number of benzene rings is 1. The Kier molecular flexibility index (Phi) is 6.15. The fourth-order valence-electron chi connectivity index (χ4n) is 2.35. The molecule has 7 nitrogen and oxygen atoms in total. The van der Waals surface area contributed by atoms with E-state index in [0.717, 1.165) is 0 Å². The maximum atomic E-state index is 12.2. The number of hydrogen-bond donors (Lipinski definition) is 0. The van der Waals surface area contributed by atoms with Crippen LogP contribution in [-0.4, -0.2) is 79.9 Å². The third kappa shape index (κ3) is 4.96. The van der Waals surface area contributed by atoms with Crippen molar-refractivity contribution >= 4 is 11.8 Å². The van der Waals surface area contributed by atoms with E-state index in [1.807, 2.05) is 11.0 Å². The number of piperazine rings is 1. The van der Waals surface area contributed by atoms with E-state index in [1.54, 1.807) is 48.2 Å².